The first kappa shape index (κ1) is 14.3. The monoisotopic (exact) mass is 320 g/mol. The Morgan fingerprint density at radius 3 is 2.58 bits per heavy atom. The van der Waals surface area contributed by atoms with E-state index in [1.165, 1.54) is 12.1 Å². The minimum atomic E-state index is -1.12. The van der Waals surface area contributed by atoms with Crippen LogP contribution in [0, 0.1) is 5.82 Å². The maximum absolute atomic E-state index is 13.9. The fourth-order valence-corrected chi connectivity index (χ4v) is 2.83. The molecule has 1 heterocycles. The lowest BCUT2D eigenvalue weighted by molar-refractivity contribution is 0.0691. The molecule has 0 amide bonds. The number of H-pyrrole nitrogens is 1. The van der Waals surface area contributed by atoms with Crippen LogP contribution in [0.25, 0.3) is 21.7 Å². The highest BCUT2D eigenvalue weighted by atomic mass is 19.1. The van der Waals surface area contributed by atoms with Gasteiger partial charge < -0.3 is 15.4 Å². The van der Waals surface area contributed by atoms with Gasteiger partial charge in [0.1, 0.15) is 11.5 Å². The SMILES string of the molecule is O=C(O)c1cc2c(Nc3ccc4ccccc4c3)ccc(F)c2[nH]1. The maximum atomic E-state index is 13.9. The van der Waals surface area contributed by atoms with E-state index < -0.39 is 11.8 Å². The van der Waals surface area contributed by atoms with Crippen molar-refractivity contribution in [3.8, 4) is 0 Å². The van der Waals surface area contributed by atoms with Crippen molar-refractivity contribution in [3.63, 3.8) is 0 Å². The van der Waals surface area contributed by atoms with Gasteiger partial charge >= 0.3 is 5.97 Å². The summed E-state index contributed by atoms with van der Waals surface area (Å²) < 4.78 is 13.9. The zero-order chi connectivity index (χ0) is 16.7. The number of rotatable bonds is 3. The first-order valence-electron chi connectivity index (χ1n) is 7.42. The van der Waals surface area contributed by atoms with E-state index in [2.05, 4.69) is 10.3 Å². The molecule has 4 nitrogen and oxygen atoms in total. The van der Waals surface area contributed by atoms with E-state index in [1.807, 2.05) is 42.5 Å². The summed E-state index contributed by atoms with van der Waals surface area (Å²) in [5.74, 6) is -1.61. The Bertz CT molecular complexity index is 1090. The molecule has 0 radical (unpaired) electrons. The average Bonchev–Trinajstić information content (AvgIpc) is 3.04. The van der Waals surface area contributed by atoms with Crippen LogP contribution in [0.15, 0.2) is 60.7 Å². The molecule has 0 atom stereocenters. The van der Waals surface area contributed by atoms with Gasteiger partial charge in [-0.25, -0.2) is 9.18 Å². The van der Waals surface area contributed by atoms with Gasteiger partial charge in [0.15, 0.2) is 0 Å². The largest absolute Gasteiger partial charge is 0.477 e. The van der Waals surface area contributed by atoms with E-state index in [0.717, 1.165) is 16.5 Å². The summed E-state index contributed by atoms with van der Waals surface area (Å²) in [6.07, 6.45) is 0. The maximum Gasteiger partial charge on any atom is 0.352 e. The summed E-state index contributed by atoms with van der Waals surface area (Å²) in [6.45, 7) is 0. The first-order chi connectivity index (χ1) is 11.6. The third kappa shape index (κ3) is 2.36. The minimum absolute atomic E-state index is 0.0448. The van der Waals surface area contributed by atoms with E-state index >= 15 is 0 Å². The second-order valence-electron chi connectivity index (χ2n) is 5.56. The number of aromatic nitrogens is 1. The number of benzene rings is 3. The molecular weight excluding hydrogens is 307 g/mol. The fourth-order valence-electron chi connectivity index (χ4n) is 2.83. The number of anilines is 2. The molecular formula is C19H13FN2O2. The van der Waals surface area contributed by atoms with Crippen LogP contribution in [0.3, 0.4) is 0 Å². The van der Waals surface area contributed by atoms with Crippen molar-refractivity contribution >= 4 is 39.0 Å². The van der Waals surface area contributed by atoms with Crippen molar-refractivity contribution in [2.75, 3.05) is 5.32 Å². The molecule has 24 heavy (non-hydrogen) atoms. The Morgan fingerprint density at radius 2 is 1.79 bits per heavy atom. The fraction of sp³-hybridized carbons (Fsp3) is 0. The molecule has 0 saturated heterocycles. The lowest BCUT2D eigenvalue weighted by Gasteiger charge is -2.09. The number of fused-ring (bicyclic) bond motifs is 2. The quantitative estimate of drug-likeness (QED) is 0.503. The molecule has 3 N–H and O–H groups in total. The molecule has 4 aromatic rings. The third-order valence-corrected chi connectivity index (χ3v) is 4.00. The van der Waals surface area contributed by atoms with Crippen LogP contribution in [0.5, 0.6) is 0 Å². The number of nitrogens with one attached hydrogen (secondary N) is 2. The Morgan fingerprint density at radius 1 is 1.00 bits per heavy atom. The van der Waals surface area contributed by atoms with Gasteiger partial charge in [-0.2, -0.15) is 0 Å². The summed E-state index contributed by atoms with van der Waals surface area (Å²) in [6, 6.07) is 18.3. The number of hydrogen-bond acceptors (Lipinski definition) is 2. The standard InChI is InChI=1S/C19H13FN2O2/c20-15-7-8-16(14-10-17(19(23)24)22-18(14)15)21-13-6-5-11-3-1-2-4-12(11)9-13/h1-10,21-22H,(H,23,24). The zero-order valence-corrected chi connectivity index (χ0v) is 12.5. The predicted octanol–water partition coefficient (Wildman–Crippen LogP) is 4.90. The average molecular weight is 320 g/mol. The van der Waals surface area contributed by atoms with Crippen molar-refractivity contribution in [1.82, 2.24) is 4.98 Å². The second kappa shape index (κ2) is 5.38. The van der Waals surface area contributed by atoms with Gasteiger partial charge in [0.2, 0.25) is 0 Å². The number of carboxylic acid groups (broad SMARTS) is 1. The van der Waals surface area contributed by atoms with Crippen LogP contribution < -0.4 is 5.32 Å². The van der Waals surface area contributed by atoms with E-state index in [4.69, 9.17) is 5.11 Å². The van der Waals surface area contributed by atoms with Gasteiger partial charge in [0, 0.05) is 16.8 Å². The zero-order valence-electron chi connectivity index (χ0n) is 12.5. The van der Waals surface area contributed by atoms with Crippen LogP contribution in [-0.2, 0) is 0 Å². The Balaban J connectivity index is 1.80. The first-order valence-corrected chi connectivity index (χ1v) is 7.42. The Labute approximate surface area is 136 Å². The van der Waals surface area contributed by atoms with Crippen LogP contribution in [0.4, 0.5) is 15.8 Å². The van der Waals surface area contributed by atoms with Crippen molar-refractivity contribution in [3.05, 3.63) is 72.2 Å². The van der Waals surface area contributed by atoms with Crippen LogP contribution in [0.1, 0.15) is 10.5 Å². The molecule has 3 aromatic carbocycles. The molecule has 0 spiro atoms. The Hall–Kier alpha value is -3.34. The predicted molar refractivity (Wildman–Crippen MR) is 92.4 cm³/mol. The topological polar surface area (TPSA) is 65.1 Å². The number of halogens is 1. The van der Waals surface area contributed by atoms with E-state index in [9.17, 15) is 9.18 Å². The van der Waals surface area contributed by atoms with Gasteiger partial charge in [0.25, 0.3) is 0 Å². The molecule has 1 aromatic heterocycles. The summed E-state index contributed by atoms with van der Waals surface area (Å²) in [5, 5.41) is 15.1. The van der Waals surface area contributed by atoms with E-state index in [1.54, 1.807) is 6.07 Å². The van der Waals surface area contributed by atoms with Crippen LogP contribution >= 0.6 is 0 Å². The Kier molecular flexibility index (Phi) is 3.20. The molecule has 4 rings (SSSR count). The van der Waals surface area contributed by atoms with Crippen molar-refractivity contribution in [1.29, 1.82) is 0 Å². The summed E-state index contributed by atoms with van der Waals surface area (Å²) in [5.41, 5.74) is 1.62. The highest BCUT2D eigenvalue weighted by molar-refractivity contribution is 6.00. The van der Waals surface area contributed by atoms with Crippen LogP contribution in [0.2, 0.25) is 0 Å². The molecule has 0 fully saturated rings. The minimum Gasteiger partial charge on any atom is -0.477 e. The van der Waals surface area contributed by atoms with Crippen molar-refractivity contribution in [2.45, 2.75) is 0 Å². The lowest BCUT2D eigenvalue weighted by Crippen LogP contribution is -1.95. The number of carboxylic acids is 1. The molecule has 0 aliphatic carbocycles. The molecule has 0 saturated carbocycles. The van der Waals surface area contributed by atoms with Gasteiger partial charge in [-0.15, -0.1) is 0 Å². The van der Waals surface area contributed by atoms with Crippen LogP contribution in [-0.4, -0.2) is 16.1 Å². The highest BCUT2D eigenvalue weighted by Gasteiger charge is 2.13. The second-order valence-corrected chi connectivity index (χ2v) is 5.56. The van der Waals surface area contributed by atoms with Gasteiger partial charge in [-0.1, -0.05) is 30.3 Å². The molecule has 5 heteroatoms. The van der Waals surface area contributed by atoms with Crippen molar-refractivity contribution in [2.24, 2.45) is 0 Å². The highest BCUT2D eigenvalue weighted by Crippen LogP contribution is 2.30. The molecule has 0 unspecified atom stereocenters. The summed E-state index contributed by atoms with van der Waals surface area (Å²) in [4.78, 5) is 13.7. The van der Waals surface area contributed by atoms with Crippen molar-refractivity contribution < 1.29 is 14.3 Å². The van der Waals surface area contributed by atoms with Gasteiger partial charge in [0.05, 0.1) is 5.52 Å². The van der Waals surface area contributed by atoms with Gasteiger partial charge in [-0.05, 0) is 41.1 Å². The number of hydrogen-bond donors (Lipinski definition) is 3. The molecule has 0 aliphatic rings. The van der Waals surface area contributed by atoms with Gasteiger partial charge in [-0.3, -0.25) is 0 Å². The smallest absolute Gasteiger partial charge is 0.352 e. The summed E-state index contributed by atoms with van der Waals surface area (Å²) >= 11 is 0. The normalized spacial score (nSPS) is 11.0. The third-order valence-electron chi connectivity index (χ3n) is 4.00. The number of carbonyl (C=O) groups is 1. The summed E-state index contributed by atoms with van der Waals surface area (Å²) in [7, 11) is 0. The van der Waals surface area contributed by atoms with E-state index in [-0.39, 0.29) is 11.2 Å². The molecule has 0 aliphatic heterocycles. The molecule has 0 bridgehead atoms. The lowest BCUT2D eigenvalue weighted by atomic mass is 10.1. The number of aromatic amines is 1. The number of aromatic carboxylic acids is 1. The molecule has 118 valence electrons. The van der Waals surface area contributed by atoms with E-state index in [0.29, 0.717) is 11.1 Å².